The molecule has 0 saturated heterocycles. The van der Waals surface area contributed by atoms with Gasteiger partial charge in [-0.15, -0.1) is 0 Å². The topological polar surface area (TPSA) is 74.5 Å². The predicted octanol–water partition coefficient (Wildman–Crippen LogP) is 1.07. The fraction of sp³-hybridized carbons (Fsp3) is 0.615. The Hall–Kier alpha value is -1.69. The maximum Gasteiger partial charge on any atom is 0.150 e. The van der Waals surface area contributed by atoms with Gasteiger partial charge in [-0.1, -0.05) is 13.8 Å². The number of aromatic nitrogens is 5. The average molecular weight is 262 g/mol. The molecule has 0 aliphatic heterocycles. The van der Waals surface area contributed by atoms with E-state index in [1.807, 2.05) is 31.0 Å². The van der Waals surface area contributed by atoms with E-state index in [0.717, 1.165) is 30.1 Å². The SMILES string of the molecule is CCc1nc(CC)n(C(c2cnn(C)c2)C(C)N)n1. The van der Waals surface area contributed by atoms with Gasteiger partial charge >= 0.3 is 0 Å². The quantitative estimate of drug-likeness (QED) is 0.874. The second-order valence-electron chi connectivity index (χ2n) is 4.85. The summed E-state index contributed by atoms with van der Waals surface area (Å²) in [5, 5.41) is 8.82. The molecule has 19 heavy (non-hydrogen) atoms. The van der Waals surface area contributed by atoms with Crippen LogP contribution < -0.4 is 5.73 Å². The van der Waals surface area contributed by atoms with Crippen molar-refractivity contribution in [3.8, 4) is 0 Å². The summed E-state index contributed by atoms with van der Waals surface area (Å²) in [7, 11) is 1.90. The van der Waals surface area contributed by atoms with Crippen LogP contribution in [0, 0.1) is 0 Å². The second-order valence-corrected chi connectivity index (χ2v) is 4.85. The van der Waals surface area contributed by atoms with Gasteiger partial charge in [0.25, 0.3) is 0 Å². The summed E-state index contributed by atoms with van der Waals surface area (Å²) < 4.78 is 3.74. The predicted molar refractivity (Wildman–Crippen MR) is 73.8 cm³/mol. The lowest BCUT2D eigenvalue weighted by Gasteiger charge is -2.21. The molecule has 6 heteroatoms. The Morgan fingerprint density at radius 1 is 1.32 bits per heavy atom. The van der Waals surface area contributed by atoms with Crippen molar-refractivity contribution in [3.63, 3.8) is 0 Å². The van der Waals surface area contributed by atoms with E-state index in [2.05, 4.69) is 29.0 Å². The smallest absolute Gasteiger partial charge is 0.150 e. The van der Waals surface area contributed by atoms with E-state index in [-0.39, 0.29) is 12.1 Å². The third-order valence-corrected chi connectivity index (χ3v) is 3.21. The van der Waals surface area contributed by atoms with Gasteiger partial charge in [-0.25, -0.2) is 9.67 Å². The highest BCUT2D eigenvalue weighted by molar-refractivity contribution is 5.15. The van der Waals surface area contributed by atoms with Crippen molar-refractivity contribution in [3.05, 3.63) is 29.6 Å². The molecule has 2 N–H and O–H groups in total. The highest BCUT2D eigenvalue weighted by Crippen LogP contribution is 2.22. The summed E-state index contributed by atoms with van der Waals surface area (Å²) in [5.74, 6) is 1.84. The van der Waals surface area contributed by atoms with Crippen LogP contribution in [0.4, 0.5) is 0 Å². The summed E-state index contributed by atoms with van der Waals surface area (Å²) in [6.45, 7) is 6.13. The van der Waals surface area contributed by atoms with E-state index >= 15 is 0 Å². The number of rotatable bonds is 5. The van der Waals surface area contributed by atoms with Crippen LogP contribution in [-0.4, -0.2) is 30.6 Å². The van der Waals surface area contributed by atoms with Crippen molar-refractivity contribution in [2.45, 2.75) is 45.7 Å². The Kier molecular flexibility index (Phi) is 3.99. The molecule has 2 atom stereocenters. The van der Waals surface area contributed by atoms with E-state index in [1.54, 1.807) is 4.68 Å². The molecule has 0 fully saturated rings. The summed E-state index contributed by atoms with van der Waals surface area (Å²) >= 11 is 0. The fourth-order valence-electron chi connectivity index (χ4n) is 2.28. The lowest BCUT2D eigenvalue weighted by Crippen LogP contribution is -2.32. The molecule has 2 aromatic heterocycles. The first-order valence-corrected chi connectivity index (χ1v) is 6.75. The maximum atomic E-state index is 6.16. The minimum Gasteiger partial charge on any atom is -0.326 e. The molecule has 0 aliphatic carbocycles. The standard InChI is InChI=1S/C13H22N6/c1-5-11-16-12(6-2)19(17-11)13(9(3)14)10-7-15-18(4)8-10/h7-9,13H,5-6,14H2,1-4H3. The highest BCUT2D eigenvalue weighted by atomic mass is 15.4. The number of aryl methyl sites for hydroxylation is 3. The van der Waals surface area contributed by atoms with Crippen molar-refractivity contribution >= 4 is 0 Å². The van der Waals surface area contributed by atoms with Crippen LogP contribution in [0.2, 0.25) is 0 Å². The van der Waals surface area contributed by atoms with Crippen LogP contribution in [0.1, 0.15) is 44.0 Å². The number of nitrogens with zero attached hydrogens (tertiary/aromatic N) is 5. The van der Waals surface area contributed by atoms with Gasteiger partial charge in [0.2, 0.25) is 0 Å². The number of nitrogens with two attached hydrogens (primary N) is 1. The van der Waals surface area contributed by atoms with E-state index < -0.39 is 0 Å². The summed E-state index contributed by atoms with van der Waals surface area (Å²) in [5.41, 5.74) is 7.23. The van der Waals surface area contributed by atoms with Gasteiger partial charge in [-0.05, 0) is 6.92 Å². The fourth-order valence-corrected chi connectivity index (χ4v) is 2.28. The van der Waals surface area contributed by atoms with Crippen molar-refractivity contribution < 1.29 is 0 Å². The molecule has 2 heterocycles. The largest absolute Gasteiger partial charge is 0.326 e. The number of hydrogen-bond acceptors (Lipinski definition) is 4. The van der Waals surface area contributed by atoms with E-state index in [9.17, 15) is 0 Å². The highest BCUT2D eigenvalue weighted by Gasteiger charge is 2.24. The van der Waals surface area contributed by atoms with Crippen LogP contribution in [0.5, 0.6) is 0 Å². The first kappa shape index (κ1) is 13.7. The Labute approximate surface area is 113 Å². The van der Waals surface area contributed by atoms with Gasteiger partial charge in [0.15, 0.2) is 5.82 Å². The Bertz CT molecular complexity index is 539. The Balaban J connectivity index is 2.47. The van der Waals surface area contributed by atoms with Gasteiger partial charge in [-0.2, -0.15) is 10.2 Å². The van der Waals surface area contributed by atoms with Crippen LogP contribution in [0.25, 0.3) is 0 Å². The van der Waals surface area contributed by atoms with E-state index in [4.69, 9.17) is 5.73 Å². The van der Waals surface area contributed by atoms with E-state index in [1.165, 1.54) is 0 Å². The summed E-state index contributed by atoms with van der Waals surface area (Å²) in [6, 6.07) is -0.0719. The molecule has 2 rings (SSSR count). The molecule has 0 spiro atoms. The normalized spacial score (nSPS) is 14.6. The molecular weight excluding hydrogens is 240 g/mol. The molecule has 0 radical (unpaired) electrons. The number of hydrogen-bond donors (Lipinski definition) is 1. The van der Waals surface area contributed by atoms with Crippen molar-refractivity contribution in [1.82, 2.24) is 24.5 Å². The third kappa shape index (κ3) is 2.68. The Morgan fingerprint density at radius 2 is 2.05 bits per heavy atom. The molecule has 2 aromatic rings. The molecule has 0 bridgehead atoms. The first-order chi connectivity index (χ1) is 9.06. The zero-order valence-electron chi connectivity index (χ0n) is 12.0. The molecule has 0 aromatic carbocycles. The molecule has 104 valence electrons. The average Bonchev–Trinajstić information content (AvgIpc) is 2.96. The third-order valence-electron chi connectivity index (χ3n) is 3.21. The van der Waals surface area contributed by atoms with Gasteiger partial charge in [-0.3, -0.25) is 4.68 Å². The Morgan fingerprint density at radius 3 is 2.53 bits per heavy atom. The lowest BCUT2D eigenvalue weighted by molar-refractivity contribution is 0.436. The molecule has 0 saturated carbocycles. The van der Waals surface area contributed by atoms with Gasteiger partial charge in [0, 0.05) is 37.7 Å². The molecule has 0 aliphatic rings. The maximum absolute atomic E-state index is 6.16. The molecule has 0 amide bonds. The van der Waals surface area contributed by atoms with Crippen molar-refractivity contribution in [2.24, 2.45) is 12.8 Å². The lowest BCUT2D eigenvalue weighted by atomic mass is 10.0. The molecular formula is C13H22N6. The summed E-state index contributed by atoms with van der Waals surface area (Å²) in [6.07, 6.45) is 5.51. The van der Waals surface area contributed by atoms with E-state index in [0.29, 0.717) is 0 Å². The minimum absolute atomic E-state index is 0.0172. The van der Waals surface area contributed by atoms with Crippen LogP contribution >= 0.6 is 0 Å². The van der Waals surface area contributed by atoms with Crippen LogP contribution in [-0.2, 0) is 19.9 Å². The monoisotopic (exact) mass is 262 g/mol. The van der Waals surface area contributed by atoms with Crippen molar-refractivity contribution in [2.75, 3.05) is 0 Å². The van der Waals surface area contributed by atoms with Gasteiger partial charge in [0.1, 0.15) is 5.82 Å². The van der Waals surface area contributed by atoms with Crippen molar-refractivity contribution in [1.29, 1.82) is 0 Å². The zero-order valence-corrected chi connectivity index (χ0v) is 12.0. The second kappa shape index (κ2) is 5.52. The zero-order chi connectivity index (χ0) is 14.0. The first-order valence-electron chi connectivity index (χ1n) is 6.75. The van der Waals surface area contributed by atoms with Gasteiger partial charge in [0.05, 0.1) is 12.2 Å². The minimum atomic E-state index is -0.0547. The van der Waals surface area contributed by atoms with Crippen LogP contribution in [0.15, 0.2) is 12.4 Å². The molecule has 2 unspecified atom stereocenters. The van der Waals surface area contributed by atoms with Gasteiger partial charge < -0.3 is 5.73 Å². The molecule has 6 nitrogen and oxygen atoms in total. The van der Waals surface area contributed by atoms with Crippen LogP contribution in [0.3, 0.4) is 0 Å². The summed E-state index contributed by atoms with van der Waals surface area (Å²) in [4.78, 5) is 4.55.